The van der Waals surface area contributed by atoms with E-state index >= 15 is 0 Å². The van der Waals surface area contributed by atoms with E-state index < -0.39 is 0 Å². The Kier molecular flexibility index (Phi) is 4.06. The largest absolute Gasteiger partial charge is 0.299 e. The highest BCUT2D eigenvalue weighted by atomic mass is 16.1. The molecule has 1 saturated heterocycles. The zero-order valence-electron chi connectivity index (χ0n) is 12.9. The normalized spacial score (nSPS) is 16.7. The fourth-order valence-electron chi connectivity index (χ4n) is 3.00. The first-order valence-corrected chi connectivity index (χ1v) is 7.88. The van der Waals surface area contributed by atoms with E-state index in [2.05, 4.69) is 22.3 Å². The molecule has 0 saturated carbocycles. The fourth-order valence-corrected chi connectivity index (χ4v) is 3.00. The third-order valence-electron chi connectivity index (χ3n) is 4.22. The first kappa shape index (κ1) is 14.3. The van der Waals surface area contributed by atoms with Gasteiger partial charge in [0.2, 0.25) is 0 Å². The number of rotatable bonds is 4. The molecule has 0 spiro atoms. The van der Waals surface area contributed by atoms with Gasteiger partial charge in [-0.25, -0.2) is 4.52 Å². The Bertz CT molecular complexity index is 639. The number of aromatic nitrogens is 2. The molecule has 3 rings (SSSR count). The lowest BCUT2D eigenvalue weighted by atomic mass is 10.0. The summed E-state index contributed by atoms with van der Waals surface area (Å²) in [6.45, 7) is 7.21. The molecule has 1 fully saturated rings. The molecule has 2 aromatic heterocycles. The van der Waals surface area contributed by atoms with E-state index in [1.165, 1.54) is 37.9 Å². The lowest BCUT2D eigenvalue weighted by molar-refractivity contribution is 0.0941. The zero-order chi connectivity index (χ0) is 14.8. The van der Waals surface area contributed by atoms with Crippen LogP contribution in [0.25, 0.3) is 5.52 Å². The number of nitrogens with zero attached hydrogens (tertiary/aromatic N) is 3. The molecule has 0 amide bonds. The molecule has 1 aliphatic rings. The molecule has 0 atom stereocenters. The maximum absolute atomic E-state index is 12.2. The van der Waals surface area contributed by atoms with Crippen LogP contribution in [0.15, 0.2) is 24.5 Å². The Morgan fingerprint density at radius 1 is 1.24 bits per heavy atom. The molecule has 0 radical (unpaired) electrons. The minimum Gasteiger partial charge on any atom is -0.299 e. The molecule has 2 aromatic rings. The van der Waals surface area contributed by atoms with Crippen LogP contribution in [0.4, 0.5) is 0 Å². The summed E-state index contributed by atoms with van der Waals surface area (Å²) in [6, 6.07) is 4.16. The van der Waals surface area contributed by atoms with E-state index in [-0.39, 0.29) is 11.7 Å². The van der Waals surface area contributed by atoms with Gasteiger partial charge in [-0.05, 0) is 37.6 Å². The van der Waals surface area contributed by atoms with Gasteiger partial charge in [0.25, 0.3) is 0 Å². The molecule has 4 heteroatoms. The Hall–Kier alpha value is -1.68. The van der Waals surface area contributed by atoms with Crippen molar-refractivity contribution in [1.29, 1.82) is 0 Å². The van der Waals surface area contributed by atoms with Crippen molar-refractivity contribution in [3.63, 3.8) is 0 Å². The number of fused-ring (bicyclic) bond motifs is 1. The Morgan fingerprint density at radius 3 is 2.71 bits per heavy atom. The summed E-state index contributed by atoms with van der Waals surface area (Å²) in [4.78, 5) is 14.7. The van der Waals surface area contributed by atoms with E-state index in [1.54, 1.807) is 6.20 Å². The Morgan fingerprint density at radius 2 is 2.00 bits per heavy atom. The van der Waals surface area contributed by atoms with Gasteiger partial charge in [0, 0.05) is 18.7 Å². The van der Waals surface area contributed by atoms with Gasteiger partial charge in [-0.15, -0.1) is 0 Å². The van der Waals surface area contributed by atoms with Gasteiger partial charge in [0.15, 0.2) is 5.78 Å². The lowest BCUT2D eigenvalue weighted by Gasteiger charge is -2.26. The molecule has 21 heavy (non-hydrogen) atoms. The van der Waals surface area contributed by atoms with Gasteiger partial charge in [-0.2, -0.15) is 5.10 Å². The lowest BCUT2D eigenvalue weighted by Crippen LogP contribution is -2.29. The summed E-state index contributed by atoms with van der Waals surface area (Å²) in [5.41, 5.74) is 2.90. The number of carbonyl (C=O) groups excluding carboxylic acids is 1. The molecule has 0 bridgehead atoms. The predicted molar refractivity (Wildman–Crippen MR) is 83.5 cm³/mol. The fraction of sp³-hybridized carbons (Fsp3) is 0.529. The Labute approximate surface area is 125 Å². The SMILES string of the molecule is CC(C)C(=O)c1cnn2cc(CN3CCCCC3)ccc12. The van der Waals surface area contributed by atoms with Gasteiger partial charge in [-0.1, -0.05) is 26.3 Å². The Balaban J connectivity index is 1.82. The maximum Gasteiger partial charge on any atom is 0.169 e. The molecule has 1 aliphatic heterocycles. The first-order valence-electron chi connectivity index (χ1n) is 7.88. The van der Waals surface area contributed by atoms with E-state index in [0.717, 1.165) is 17.6 Å². The van der Waals surface area contributed by atoms with Crippen LogP contribution in [0.3, 0.4) is 0 Å². The van der Waals surface area contributed by atoms with E-state index in [0.29, 0.717) is 0 Å². The quantitative estimate of drug-likeness (QED) is 0.810. The van der Waals surface area contributed by atoms with Crippen LogP contribution in [0.5, 0.6) is 0 Å². The van der Waals surface area contributed by atoms with Crippen molar-refractivity contribution in [1.82, 2.24) is 14.5 Å². The number of carbonyl (C=O) groups is 1. The minimum absolute atomic E-state index is 0.00558. The van der Waals surface area contributed by atoms with Gasteiger partial charge in [0.05, 0.1) is 17.3 Å². The molecule has 0 aromatic carbocycles. The van der Waals surface area contributed by atoms with E-state index in [4.69, 9.17) is 0 Å². The van der Waals surface area contributed by atoms with Crippen molar-refractivity contribution in [2.24, 2.45) is 5.92 Å². The third kappa shape index (κ3) is 3.00. The topological polar surface area (TPSA) is 37.6 Å². The number of piperidine rings is 1. The predicted octanol–water partition coefficient (Wildman–Crippen LogP) is 3.16. The monoisotopic (exact) mass is 285 g/mol. The van der Waals surface area contributed by atoms with Crippen molar-refractivity contribution in [3.05, 3.63) is 35.7 Å². The summed E-state index contributed by atoms with van der Waals surface area (Å²) in [7, 11) is 0. The minimum atomic E-state index is 0.00558. The number of ketones is 1. The van der Waals surface area contributed by atoms with E-state index in [9.17, 15) is 4.79 Å². The molecule has 0 N–H and O–H groups in total. The van der Waals surface area contributed by atoms with Crippen molar-refractivity contribution in [2.75, 3.05) is 13.1 Å². The van der Waals surface area contributed by atoms with Crippen LogP contribution in [0.1, 0.15) is 49.0 Å². The van der Waals surface area contributed by atoms with Gasteiger partial charge in [0.1, 0.15) is 0 Å². The van der Waals surface area contributed by atoms with Crippen molar-refractivity contribution in [2.45, 2.75) is 39.7 Å². The van der Waals surface area contributed by atoms with Crippen LogP contribution in [0.2, 0.25) is 0 Å². The number of likely N-dealkylation sites (tertiary alicyclic amines) is 1. The van der Waals surface area contributed by atoms with Gasteiger partial charge < -0.3 is 0 Å². The average Bonchev–Trinajstić information content (AvgIpc) is 2.90. The van der Waals surface area contributed by atoms with E-state index in [1.807, 2.05) is 24.4 Å². The molecule has 0 aliphatic carbocycles. The van der Waals surface area contributed by atoms with Crippen LogP contribution in [-0.4, -0.2) is 33.4 Å². The number of hydrogen-bond acceptors (Lipinski definition) is 3. The summed E-state index contributed by atoms with van der Waals surface area (Å²) in [5.74, 6) is 0.166. The highest BCUT2D eigenvalue weighted by Gasteiger charge is 2.16. The summed E-state index contributed by atoms with van der Waals surface area (Å²) in [6.07, 6.45) is 7.72. The first-order chi connectivity index (χ1) is 10.1. The van der Waals surface area contributed by atoms with Crippen LogP contribution < -0.4 is 0 Å². The highest BCUT2D eigenvalue weighted by Crippen LogP contribution is 2.18. The van der Waals surface area contributed by atoms with Crippen LogP contribution >= 0.6 is 0 Å². The summed E-state index contributed by atoms with van der Waals surface area (Å²) in [5, 5.41) is 4.35. The molecular weight excluding hydrogens is 262 g/mol. The second-order valence-electron chi connectivity index (χ2n) is 6.28. The molecule has 4 nitrogen and oxygen atoms in total. The number of pyridine rings is 1. The smallest absolute Gasteiger partial charge is 0.169 e. The molecule has 0 unspecified atom stereocenters. The molecule has 112 valence electrons. The number of Topliss-reactive ketones (excluding diaryl/α,β-unsaturated/α-hetero) is 1. The average molecular weight is 285 g/mol. The summed E-state index contributed by atoms with van der Waals surface area (Å²) < 4.78 is 1.84. The maximum atomic E-state index is 12.2. The molecular formula is C17H23N3O. The zero-order valence-corrected chi connectivity index (χ0v) is 12.9. The van der Waals surface area contributed by atoms with Crippen molar-refractivity contribution < 1.29 is 4.79 Å². The molecule has 3 heterocycles. The summed E-state index contributed by atoms with van der Waals surface area (Å²) >= 11 is 0. The van der Waals surface area contributed by atoms with Crippen LogP contribution in [-0.2, 0) is 6.54 Å². The van der Waals surface area contributed by atoms with Crippen LogP contribution in [0, 0.1) is 5.92 Å². The third-order valence-corrected chi connectivity index (χ3v) is 4.22. The van der Waals surface area contributed by atoms with Crippen molar-refractivity contribution in [3.8, 4) is 0 Å². The number of hydrogen-bond donors (Lipinski definition) is 0. The van der Waals surface area contributed by atoms with Crippen molar-refractivity contribution >= 4 is 11.3 Å². The standard InChI is InChI=1S/C17H23N3O/c1-13(2)17(21)15-10-18-20-12-14(6-7-16(15)20)11-19-8-4-3-5-9-19/h6-7,10,12-13H,3-5,8-9,11H2,1-2H3. The second kappa shape index (κ2) is 5.98. The van der Waals surface area contributed by atoms with Gasteiger partial charge >= 0.3 is 0 Å². The highest BCUT2D eigenvalue weighted by molar-refractivity contribution is 6.03. The second-order valence-corrected chi connectivity index (χ2v) is 6.28. The van der Waals surface area contributed by atoms with Gasteiger partial charge in [-0.3, -0.25) is 9.69 Å².